The number of amides is 2. The van der Waals surface area contributed by atoms with Crippen LogP contribution in [0.25, 0.3) is 0 Å². The number of nitrogens with zero attached hydrogens (tertiary/aromatic N) is 2. The fraction of sp³-hybridized carbons (Fsp3) is 0.375. The van der Waals surface area contributed by atoms with E-state index in [9.17, 15) is 9.59 Å². The Morgan fingerprint density at radius 1 is 1.13 bits per heavy atom. The predicted molar refractivity (Wildman–Crippen MR) is 123 cm³/mol. The lowest BCUT2D eigenvalue weighted by Crippen LogP contribution is -2.40. The maximum atomic E-state index is 13.2. The fourth-order valence-corrected chi connectivity index (χ4v) is 5.26. The molecule has 2 amide bonds. The third-order valence-electron chi connectivity index (χ3n) is 5.68. The molecule has 2 aliphatic rings. The van der Waals surface area contributed by atoms with Gasteiger partial charge in [0, 0.05) is 18.2 Å². The third-order valence-corrected chi connectivity index (χ3v) is 6.83. The number of nitrogens with one attached hydrogen (secondary N) is 1. The summed E-state index contributed by atoms with van der Waals surface area (Å²) in [5.74, 6) is -0.125. The molecular formula is C24H27N3O2S. The number of hydrogen-bond donors (Lipinski definition) is 1. The van der Waals surface area contributed by atoms with Crippen LogP contribution in [-0.2, 0) is 9.59 Å². The van der Waals surface area contributed by atoms with Crippen LogP contribution < -0.4 is 5.32 Å². The molecule has 0 bridgehead atoms. The number of aliphatic imine (C=N–C) groups is 1. The van der Waals surface area contributed by atoms with Crippen LogP contribution in [-0.4, -0.2) is 33.2 Å². The normalized spacial score (nSPS) is 20.9. The summed E-state index contributed by atoms with van der Waals surface area (Å²) < 4.78 is 0. The van der Waals surface area contributed by atoms with E-state index < -0.39 is 5.25 Å². The molecule has 2 fully saturated rings. The SMILES string of the molecule is Cc1ccc(C)c(NC(=O)C[C@H]2SC(=Nc3ccccc3)N(C3CCCC3)C2=O)c1. The van der Waals surface area contributed by atoms with Crippen molar-refractivity contribution >= 4 is 40.1 Å². The molecule has 1 aliphatic heterocycles. The molecule has 1 saturated heterocycles. The standard InChI is InChI=1S/C24H27N3O2S/c1-16-12-13-17(2)20(14-16)26-22(28)15-21-23(29)27(19-10-6-7-11-19)24(30-21)25-18-8-4-3-5-9-18/h3-5,8-9,12-14,19,21H,6-7,10-11,15H2,1-2H3,(H,26,28)/t21-/m1/s1. The predicted octanol–water partition coefficient (Wildman–Crippen LogP) is 5.21. The van der Waals surface area contributed by atoms with Crippen LogP contribution in [0.2, 0.25) is 0 Å². The molecule has 30 heavy (non-hydrogen) atoms. The largest absolute Gasteiger partial charge is 0.326 e. The smallest absolute Gasteiger partial charge is 0.242 e. The van der Waals surface area contributed by atoms with Crippen molar-refractivity contribution in [1.82, 2.24) is 4.90 Å². The second-order valence-corrected chi connectivity index (χ2v) is 9.22. The van der Waals surface area contributed by atoms with E-state index >= 15 is 0 Å². The van der Waals surface area contributed by atoms with Gasteiger partial charge in [0.1, 0.15) is 5.25 Å². The quantitative estimate of drug-likeness (QED) is 0.721. The van der Waals surface area contributed by atoms with Gasteiger partial charge < -0.3 is 5.32 Å². The van der Waals surface area contributed by atoms with Gasteiger partial charge in [-0.2, -0.15) is 0 Å². The number of hydrogen-bond acceptors (Lipinski definition) is 4. The molecule has 0 aromatic heterocycles. The van der Waals surface area contributed by atoms with Crippen LogP contribution in [0.5, 0.6) is 0 Å². The topological polar surface area (TPSA) is 61.8 Å². The second kappa shape index (κ2) is 9.04. The summed E-state index contributed by atoms with van der Waals surface area (Å²) in [5.41, 5.74) is 3.74. The number of aryl methyl sites for hydroxylation is 2. The van der Waals surface area contributed by atoms with Crippen molar-refractivity contribution in [2.24, 2.45) is 4.99 Å². The first kappa shape index (κ1) is 20.7. The summed E-state index contributed by atoms with van der Waals surface area (Å²) in [7, 11) is 0. The molecule has 0 unspecified atom stereocenters. The molecule has 4 rings (SSSR count). The van der Waals surface area contributed by atoms with Gasteiger partial charge in [0.05, 0.1) is 5.69 Å². The molecule has 0 radical (unpaired) electrons. The fourth-order valence-electron chi connectivity index (χ4n) is 4.04. The van der Waals surface area contributed by atoms with E-state index in [1.54, 1.807) is 0 Å². The Morgan fingerprint density at radius 3 is 2.60 bits per heavy atom. The summed E-state index contributed by atoms with van der Waals surface area (Å²) in [5, 5.41) is 3.28. The number of amidine groups is 1. The number of para-hydroxylation sites is 1. The number of anilines is 1. The monoisotopic (exact) mass is 421 g/mol. The molecule has 5 nitrogen and oxygen atoms in total. The Labute approximate surface area is 182 Å². The van der Waals surface area contributed by atoms with Crippen molar-refractivity contribution in [2.75, 3.05) is 5.32 Å². The van der Waals surface area contributed by atoms with Crippen LogP contribution in [0, 0.1) is 13.8 Å². The molecule has 2 aromatic rings. The van der Waals surface area contributed by atoms with E-state index in [4.69, 9.17) is 4.99 Å². The Bertz CT molecular complexity index is 968. The lowest BCUT2D eigenvalue weighted by atomic mass is 10.1. The number of thioether (sulfide) groups is 1. The van der Waals surface area contributed by atoms with Crippen molar-refractivity contribution in [3.63, 3.8) is 0 Å². The van der Waals surface area contributed by atoms with E-state index in [0.29, 0.717) is 0 Å². The van der Waals surface area contributed by atoms with Gasteiger partial charge in [0.2, 0.25) is 11.8 Å². The van der Waals surface area contributed by atoms with E-state index in [1.165, 1.54) is 11.8 Å². The summed E-state index contributed by atoms with van der Waals surface area (Å²) >= 11 is 1.42. The highest BCUT2D eigenvalue weighted by atomic mass is 32.2. The van der Waals surface area contributed by atoms with Crippen LogP contribution in [0.15, 0.2) is 53.5 Å². The lowest BCUT2D eigenvalue weighted by molar-refractivity contribution is -0.129. The van der Waals surface area contributed by atoms with Crippen molar-refractivity contribution < 1.29 is 9.59 Å². The maximum absolute atomic E-state index is 13.2. The van der Waals surface area contributed by atoms with Gasteiger partial charge in [0.25, 0.3) is 0 Å². The molecule has 1 atom stereocenters. The van der Waals surface area contributed by atoms with Gasteiger partial charge in [-0.05, 0) is 56.0 Å². The average Bonchev–Trinajstić information content (AvgIpc) is 3.34. The highest BCUT2D eigenvalue weighted by molar-refractivity contribution is 8.15. The van der Waals surface area contributed by atoms with Crippen LogP contribution in [0.3, 0.4) is 0 Å². The van der Waals surface area contributed by atoms with Gasteiger partial charge in [-0.1, -0.05) is 54.9 Å². The Kier molecular flexibility index (Phi) is 6.23. The molecule has 6 heteroatoms. The van der Waals surface area contributed by atoms with Crippen LogP contribution in [0.4, 0.5) is 11.4 Å². The van der Waals surface area contributed by atoms with Gasteiger partial charge in [0.15, 0.2) is 5.17 Å². The molecule has 1 heterocycles. The van der Waals surface area contributed by atoms with E-state index in [-0.39, 0.29) is 24.3 Å². The summed E-state index contributed by atoms with van der Waals surface area (Å²) in [6, 6.07) is 15.9. The minimum Gasteiger partial charge on any atom is -0.326 e. The van der Waals surface area contributed by atoms with E-state index in [0.717, 1.165) is 53.4 Å². The van der Waals surface area contributed by atoms with Gasteiger partial charge in [-0.3, -0.25) is 14.5 Å². The van der Waals surface area contributed by atoms with Gasteiger partial charge in [-0.25, -0.2) is 4.99 Å². The first-order valence-electron chi connectivity index (χ1n) is 10.5. The van der Waals surface area contributed by atoms with Crippen molar-refractivity contribution in [2.45, 2.75) is 57.2 Å². The Morgan fingerprint density at radius 2 is 1.87 bits per heavy atom. The molecule has 2 aromatic carbocycles. The zero-order valence-corrected chi connectivity index (χ0v) is 18.2. The third kappa shape index (κ3) is 4.59. The molecule has 156 valence electrons. The zero-order valence-electron chi connectivity index (χ0n) is 17.4. The highest BCUT2D eigenvalue weighted by Gasteiger charge is 2.43. The first-order valence-corrected chi connectivity index (χ1v) is 11.4. The summed E-state index contributed by atoms with van der Waals surface area (Å²) in [6.45, 7) is 3.97. The number of carbonyl (C=O) groups is 2. The second-order valence-electron chi connectivity index (χ2n) is 8.05. The average molecular weight is 422 g/mol. The minimum absolute atomic E-state index is 0.0118. The van der Waals surface area contributed by atoms with E-state index in [2.05, 4.69) is 5.32 Å². The number of carbonyl (C=O) groups excluding carboxylic acids is 2. The molecular weight excluding hydrogens is 394 g/mol. The minimum atomic E-state index is -0.432. The lowest BCUT2D eigenvalue weighted by Gasteiger charge is -2.23. The van der Waals surface area contributed by atoms with Crippen molar-refractivity contribution in [1.29, 1.82) is 0 Å². The number of benzene rings is 2. The molecule has 1 N–H and O–H groups in total. The number of rotatable bonds is 5. The maximum Gasteiger partial charge on any atom is 0.242 e. The van der Waals surface area contributed by atoms with Crippen LogP contribution in [0.1, 0.15) is 43.2 Å². The van der Waals surface area contributed by atoms with Crippen LogP contribution >= 0.6 is 11.8 Å². The highest BCUT2D eigenvalue weighted by Crippen LogP contribution is 2.37. The Hall–Kier alpha value is -2.60. The summed E-state index contributed by atoms with van der Waals surface area (Å²) in [4.78, 5) is 32.6. The first-order chi connectivity index (χ1) is 14.5. The summed E-state index contributed by atoms with van der Waals surface area (Å²) in [6.07, 6.45) is 4.42. The molecule has 0 spiro atoms. The van der Waals surface area contributed by atoms with Crippen molar-refractivity contribution in [3.8, 4) is 0 Å². The van der Waals surface area contributed by atoms with Gasteiger partial charge >= 0.3 is 0 Å². The molecule has 1 aliphatic carbocycles. The van der Waals surface area contributed by atoms with E-state index in [1.807, 2.05) is 67.3 Å². The Balaban J connectivity index is 1.52. The van der Waals surface area contributed by atoms with Gasteiger partial charge in [-0.15, -0.1) is 0 Å². The van der Waals surface area contributed by atoms with Crippen molar-refractivity contribution in [3.05, 3.63) is 59.7 Å². The zero-order chi connectivity index (χ0) is 21.1. The molecule has 1 saturated carbocycles.